The van der Waals surface area contributed by atoms with Crippen molar-refractivity contribution in [3.63, 3.8) is 0 Å². The molecule has 0 fully saturated rings. The Bertz CT molecular complexity index is 629. The van der Waals surface area contributed by atoms with Crippen LogP contribution in [0.25, 0.3) is 11.3 Å². The second-order valence-corrected chi connectivity index (χ2v) is 6.02. The molecular weight excluding hydrogens is 311 g/mol. The van der Waals surface area contributed by atoms with Crippen molar-refractivity contribution < 1.29 is 9.18 Å². The van der Waals surface area contributed by atoms with Crippen LogP contribution in [0, 0.1) is 5.82 Å². The minimum Gasteiger partial charge on any atom is -0.298 e. The molecule has 1 heterocycles. The number of rotatable bonds is 2. The van der Waals surface area contributed by atoms with Crippen LogP contribution in [0.2, 0.25) is 0 Å². The predicted molar refractivity (Wildman–Crippen MR) is 75.7 cm³/mol. The quantitative estimate of drug-likeness (QED) is 0.782. The van der Waals surface area contributed by atoms with Crippen LogP contribution >= 0.6 is 15.9 Å². The van der Waals surface area contributed by atoms with Crippen LogP contribution in [0.5, 0.6) is 0 Å². The molecule has 19 heavy (non-hydrogen) atoms. The van der Waals surface area contributed by atoms with Crippen LogP contribution in [0.3, 0.4) is 0 Å². The van der Waals surface area contributed by atoms with Gasteiger partial charge in [-0.05, 0) is 48.8 Å². The van der Waals surface area contributed by atoms with Crippen LogP contribution in [0.4, 0.5) is 4.39 Å². The van der Waals surface area contributed by atoms with Crippen molar-refractivity contribution in [2.75, 3.05) is 0 Å². The standard InChI is InChI=1S/C14H14BrFN2O/c1-14(2,3)18-13(15)11(8-19)12(17-18)9-5-4-6-10(16)7-9/h4-8H,1-3H3. The summed E-state index contributed by atoms with van der Waals surface area (Å²) in [5.74, 6) is -0.351. The summed E-state index contributed by atoms with van der Waals surface area (Å²) in [6.45, 7) is 5.94. The second kappa shape index (κ2) is 4.89. The third kappa shape index (κ3) is 2.61. The first-order valence-electron chi connectivity index (χ1n) is 5.84. The smallest absolute Gasteiger partial charge is 0.155 e. The Morgan fingerprint density at radius 1 is 1.37 bits per heavy atom. The number of carbonyl (C=O) groups is 1. The molecule has 100 valence electrons. The summed E-state index contributed by atoms with van der Waals surface area (Å²) in [6, 6.07) is 6.07. The number of hydrogen-bond acceptors (Lipinski definition) is 2. The van der Waals surface area contributed by atoms with Crippen LogP contribution in [0.1, 0.15) is 31.1 Å². The van der Waals surface area contributed by atoms with Gasteiger partial charge in [-0.3, -0.25) is 9.48 Å². The van der Waals surface area contributed by atoms with Crippen LogP contribution in [0.15, 0.2) is 28.9 Å². The average molecular weight is 325 g/mol. The maximum absolute atomic E-state index is 13.3. The number of benzene rings is 1. The third-order valence-electron chi connectivity index (χ3n) is 2.71. The molecule has 3 nitrogen and oxygen atoms in total. The molecule has 0 amide bonds. The Labute approximate surface area is 119 Å². The number of aromatic nitrogens is 2. The minimum absolute atomic E-state index is 0.276. The van der Waals surface area contributed by atoms with Gasteiger partial charge in [0.15, 0.2) is 6.29 Å². The maximum Gasteiger partial charge on any atom is 0.155 e. The van der Waals surface area contributed by atoms with Crippen LogP contribution in [-0.4, -0.2) is 16.1 Å². The number of carbonyl (C=O) groups excluding carboxylic acids is 1. The zero-order valence-electron chi connectivity index (χ0n) is 10.9. The molecule has 0 N–H and O–H groups in total. The van der Waals surface area contributed by atoms with E-state index in [1.807, 2.05) is 20.8 Å². The Hall–Kier alpha value is -1.49. The first kappa shape index (κ1) is 13.9. The molecule has 2 rings (SSSR count). The molecule has 0 saturated carbocycles. The largest absolute Gasteiger partial charge is 0.298 e. The zero-order valence-corrected chi connectivity index (χ0v) is 12.5. The summed E-state index contributed by atoms with van der Waals surface area (Å²) in [5, 5.41) is 4.44. The van der Waals surface area contributed by atoms with Gasteiger partial charge in [0.05, 0.1) is 11.1 Å². The molecule has 0 bridgehead atoms. The van der Waals surface area contributed by atoms with Gasteiger partial charge in [-0.25, -0.2) is 4.39 Å². The number of aldehydes is 1. The number of hydrogen-bond donors (Lipinski definition) is 0. The summed E-state index contributed by atoms with van der Waals surface area (Å²) < 4.78 is 15.6. The fourth-order valence-corrected chi connectivity index (χ4v) is 2.70. The lowest BCUT2D eigenvalue weighted by molar-refractivity contribution is 0.112. The molecule has 0 unspecified atom stereocenters. The molecule has 1 aromatic carbocycles. The SMILES string of the molecule is CC(C)(C)n1nc(-c2cccc(F)c2)c(C=O)c1Br. The Balaban J connectivity index is 2.68. The van der Waals surface area contributed by atoms with E-state index in [2.05, 4.69) is 21.0 Å². The second-order valence-electron chi connectivity index (χ2n) is 5.26. The summed E-state index contributed by atoms with van der Waals surface area (Å²) in [7, 11) is 0. The number of halogens is 2. The fraction of sp³-hybridized carbons (Fsp3) is 0.286. The van der Waals surface area contributed by atoms with Crippen LogP contribution in [-0.2, 0) is 5.54 Å². The summed E-state index contributed by atoms with van der Waals surface area (Å²) >= 11 is 3.39. The lowest BCUT2D eigenvalue weighted by atomic mass is 10.1. The number of nitrogens with zero attached hydrogens (tertiary/aromatic N) is 2. The van der Waals surface area contributed by atoms with Gasteiger partial charge in [0.2, 0.25) is 0 Å². The van der Waals surface area contributed by atoms with E-state index in [1.165, 1.54) is 12.1 Å². The molecule has 0 spiro atoms. The predicted octanol–water partition coefficient (Wildman–Crippen LogP) is 4.02. The van der Waals surface area contributed by atoms with E-state index in [0.717, 1.165) is 6.29 Å². The monoisotopic (exact) mass is 324 g/mol. The highest BCUT2D eigenvalue weighted by Crippen LogP contribution is 2.31. The van der Waals surface area contributed by atoms with Gasteiger partial charge >= 0.3 is 0 Å². The van der Waals surface area contributed by atoms with Crippen molar-refractivity contribution in [1.29, 1.82) is 0 Å². The van der Waals surface area contributed by atoms with Crippen molar-refractivity contribution in [3.05, 3.63) is 40.2 Å². The highest BCUT2D eigenvalue weighted by molar-refractivity contribution is 9.10. The van der Waals surface area contributed by atoms with Crippen LogP contribution < -0.4 is 0 Å². The van der Waals surface area contributed by atoms with Gasteiger partial charge in [0.25, 0.3) is 0 Å². The molecule has 0 aliphatic rings. The normalized spacial score (nSPS) is 11.6. The summed E-state index contributed by atoms with van der Waals surface area (Å²) in [4.78, 5) is 11.3. The van der Waals surface area contributed by atoms with E-state index in [0.29, 0.717) is 21.4 Å². The molecule has 0 saturated heterocycles. The van der Waals surface area contributed by atoms with E-state index in [4.69, 9.17) is 0 Å². The molecular formula is C14H14BrFN2O. The molecule has 5 heteroatoms. The van der Waals surface area contributed by atoms with E-state index in [1.54, 1.807) is 16.8 Å². The summed E-state index contributed by atoms with van der Waals surface area (Å²) in [6.07, 6.45) is 0.736. The molecule has 0 atom stereocenters. The third-order valence-corrected chi connectivity index (χ3v) is 3.48. The van der Waals surface area contributed by atoms with Crippen molar-refractivity contribution in [2.45, 2.75) is 26.3 Å². The van der Waals surface area contributed by atoms with Gasteiger partial charge in [0, 0.05) is 5.56 Å². The lowest BCUT2D eigenvalue weighted by Gasteiger charge is -2.20. The van der Waals surface area contributed by atoms with E-state index in [-0.39, 0.29) is 11.4 Å². The average Bonchev–Trinajstić information content (AvgIpc) is 2.66. The van der Waals surface area contributed by atoms with E-state index >= 15 is 0 Å². The van der Waals surface area contributed by atoms with Crippen molar-refractivity contribution in [1.82, 2.24) is 9.78 Å². The van der Waals surface area contributed by atoms with Crippen molar-refractivity contribution >= 4 is 22.2 Å². The Kier molecular flexibility index (Phi) is 3.58. The molecule has 0 radical (unpaired) electrons. The van der Waals surface area contributed by atoms with Gasteiger partial charge < -0.3 is 0 Å². The zero-order chi connectivity index (χ0) is 14.2. The Morgan fingerprint density at radius 3 is 2.58 bits per heavy atom. The van der Waals surface area contributed by atoms with Gasteiger partial charge in [-0.2, -0.15) is 5.10 Å². The van der Waals surface area contributed by atoms with Gasteiger partial charge in [0.1, 0.15) is 16.1 Å². The van der Waals surface area contributed by atoms with Crippen molar-refractivity contribution in [3.8, 4) is 11.3 Å². The van der Waals surface area contributed by atoms with E-state index < -0.39 is 0 Å². The summed E-state index contributed by atoms with van der Waals surface area (Å²) in [5.41, 5.74) is 1.23. The first-order chi connectivity index (χ1) is 8.84. The van der Waals surface area contributed by atoms with Crippen molar-refractivity contribution in [2.24, 2.45) is 0 Å². The first-order valence-corrected chi connectivity index (χ1v) is 6.64. The molecule has 0 aliphatic heterocycles. The van der Waals surface area contributed by atoms with Gasteiger partial charge in [-0.15, -0.1) is 0 Å². The molecule has 1 aromatic heterocycles. The topological polar surface area (TPSA) is 34.9 Å². The van der Waals surface area contributed by atoms with E-state index in [9.17, 15) is 9.18 Å². The highest BCUT2D eigenvalue weighted by Gasteiger charge is 2.24. The lowest BCUT2D eigenvalue weighted by Crippen LogP contribution is -2.23. The maximum atomic E-state index is 13.3. The minimum atomic E-state index is -0.351. The van der Waals surface area contributed by atoms with Gasteiger partial charge in [-0.1, -0.05) is 12.1 Å². The highest BCUT2D eigenvalue weighted by atomic mass is 79.9. The molecule has 0 aliphatic carbocycles. The fourth-order valence-electron chi connectivity index (χ4n) is 1.81. The Morgan fingerprint density at radius 2 is 2.05 bits per heavy atom. The molecule has 2 aromatic rings.